The molecule has 0 saturated carbocycles. The number of rotatable bonds is 6. The van der Waals surface area contributed by atoms with Crippen molar-refractivity contribution >= 4 is 27.7 Å². The molecule has 0 spiro atoms. The number of hydrogen-bond acceptors (Lipinski definition) is 2. The summed E-state index contributed by atoms with van der Waals surface area (Å²) in [6.07, 6.45) is 2.83. The van der Waals surface area contributed by atoms with Crippen LogP contribution in [0.4, 0.5) is 0 Å². The molecule has 19 heavy (non-hydrogen) atoms. The smallest absolute Gasteiger partial charge is 0.270 e. The summed E-state index contributed by atoms with van der Waals surface area (Å²) in [5, 5.41) is 2.68. The molecule has 0 atom stereocenters. The summed E-state index contributed by atoms with van der Waals surface area (Å²) >= 11 is 3.38. The highest BCUT2D eigenvalue weighted by Gasteiger charge is 2.18. The van der Waals surface area contributed by atoms with Crippen LogP contribution in [-0.4, -0.2) is 41.4 Å². The van der Waals surface area contributed by atoms with Crippen molar-refractivity contribution in [2.24, 2.45) is 0 Å². The zero-order valence-electron chi connectivity index (χ0n) is 11.6. The third kappa shape index (κ3) is 4.38. The lowest BCUT2D eigenvalue weighted by atomic mass is 10.3. The first-order valence-electron chi connectivity index (χ1n) is 6.37. The van der Waals surface area contributed by atoms with Crippen LogP contribution >= 0.6 is 15.9 Å². The third-order valence-corrected chi connectivity index (χ3v) is 3.08. The van der Waals surface area contributed by atoms with E-state index >= 15 is 0 Å². The number of aryl methyl sites for hydroxylation is 1. The van der Waals surface area contributed by atoms with Crippen molar-refractivity contribution in [1.29, 1.82) is 0 Å². The zero-order chi connectivity index (χ0) is 14.4. The van der Waals surface area contributed by atoms with E-state index in [1.165, 1.54) is 4.90 Å². The second kappa shape index (κ2) is 7.33. The Morgan fingerprint density at radius 2 is 2.11 bits per heavy atom. The summed E-state index contributed by atoms with van der Waals surface area (Å²) in [7, 11) is 1.63. The Bertz CT molecular complexity index is 457. The van der Waals surface area contributed by atoms with E-state index < -0.39 is 0 Å². The zero-order valence-corrected chi connectivity index (χ0v) is 13.2. The maximum absolute atomic E-state index is 12.3. The van der Waals surface area contributed by atoms with Gasteiger partial charge in [0.2, 0.25) is 5.91 Å². The van der Waals surface area contributed by atoms with Crippen molar-refractivity contribution < 1.29 is 9.59 Å². The maximum Gasteiger partial charge on any atom is 0.270 e. The molecule has 1 aromatic heterocycles. The van der Waals surface area contributed by atoms with E-state index in [9.17, 15) is 9.59 Å². The average molecular weight is 330 g/mol. The molecule has 2 amide bonds. The van der Waals surface area contributed by atoms with Gasteiger partial charge in [0.25, 0.3) is 5.91 Å². The predicted octanol–water partition coefficient (Wildman–Crippen LogP) is 1.87. The number of nitrogens with zero attached hydrogens (tertiary/aromatic N) is 2. The van der Waals surface area contributed by atoms with Crippen molar-refractivity contribution in [1.82, 2.24) is 14.8 Å². The number of amides is 2. The minimum Gasteiger partial charge on any atom is -0.355 e. The lowest BCUT2D eigenvalue weighted by molar-refractivity contribution is -0.121. The van der Waals surface area contributed by atoms with Crippen LogP contribution in [0.3, 0.4) is 0 Å². The number of hydrogen-bond donors (Lipinski definition) is 1. The SMILES string of the molecule is CCCn1cc(Br)cc1C(=O)N(C)CC(=O)NCC. The molecular formula is C13H20BrN3O2. The van der Waals surface area contributed by atoms with Gasteiger partial charge in [0.05, 0.1) is 6.54 Å². The summed E-state index contributed by atoms with van der Waals surface area (Å²) < 4.78 is 2.77. The monoisotopic (exact) mass is 329 g/mol. The number of carbonyl (C=O) groups is 2. The number of carbonyl (C=O) groups excluding carboxylic acids is 2. The van der Waals surface area contributed by atoms with Gasteiger partial charge in [0, 0.05) is 30.8 Å². The van der Waals surface area contributed by atoms with Gasteiger partial charge in [-0.1, -0.05) is 6.92 Å². The van der Waals surface area contributed by atoms with Gasteiger partial charge in [-0.05, 0) is 35.3 Å². The first-order chi connectivity index (χ1) is 8.99. The molecule has 0 aliphatic heterocycles. The largest absolute Gasteiger partial charge is 0.355 e. The summed E-state index contributed by atoms with van der Waals surface area (Å²) in [6.45, 7) is 5.33. The van der Waals surface area contributed by atoms with Crippen LogP contribution in [0.2, 0.25) is 0 Å². The fourth-order valence-corrected chi connectivity index (χ4v) is 2.28. The quantitative estimate of drug-likeness (QED) is 0.866. The van der Waals surface area contributed by atoms with Crippen LogP contribution in [0.1, 0.15) is 30.8 Å². The fraction of sp³-hybridized carbons (Fsp3) is 0.538. The lowest BCUT2D eigenvalue weighted by Gasteiger charge is -2.17. The first kappa shape index (κ1) is 15.8. The maximum atomic E-state index is 12.3. The molecule has 0 radical (unpaired) electrons. The van der Waals surface area contributed by atoms with Gasteiger partial charge in [-0.15, -0.1) is 0 Å². The van der Waals surface area contributed by atoms with E-state index in [1.54, 1.807) is 13.1 Å². The normalized spacial score (nSPS) is 10.3. The number of aromatic nitrogens is 1. The van der Waals surface area contributed by atoms with Crippen molar-refractivity contribution in [2.75, 3.05) is 20.1 Å². The second-order valence-corrected chi connectivity index (χ2v) is 5.27. The fourth-order valence-electron chi connectivity index (χ4n) is 1.82. The van der Waals surface area contributed by atoms with Gasteiger partial charge in [-0.2, -0.15) is 0 Å². The van der Waals surface area contributed by atoms with Crippen molar-refractivity contribution in [3.8, 4) is 0 Å². The van der Waals surface area contributed by atoms with E-state index in [-0.39, 0.29) is 18.4 Å². The van der Waals surface area contributed by atoms with Crippen molar-refractivity contribution in [2.45, 2.75) is 26.8 Å². The van der Waals surface area contributed by atoms with E-state index in [1.807, 2.05) is 17.7 Å². The molecule has 0 saturated heterocycles. The van der Waals surface area contributed by atoms with Crippen LogP contribution in [-0.2, 0) is 11.3 Å². The topological polar surface area (TPSA) is 54.3 Å². The van der Waals surface area contributed by atoms with Gasteiger partial charge in [-0.3, -0.25) is 9.59 Å². The molecule has 106 valence electrons. The Hall–Kier alpha value is -1.30. The second-order valence-electron chi connectivity index (χ2n) is 4.35. The molecule has 1 N–H and O–H groups in total. The Kier molecular flexibility index (Phi) is 6.08. The Morgan fingerprint density at radius 1 is 1.42 bits per heavy atom. The molecular weight excluding hydrogens is 310 g/mol. The predicted molar refractivity (Wildman–Crippen MR) is 78.1 cm³/mol. The minimum atomic E-state index is -0.148. The molecule has 0 unspecified atom stereocenters. The van der Waals surface area contributed by atoms with Crippen molar-refractivity contribution in [3.05, 3.63) is 22.4 Å². The number of halogens is 1. The van der Waals surface area contributed by atoms with E-state index in [4.69, 9.17) is 0 Å². The molecule has 6 heteroatoms. The van der Waals surface area contributed by atoms with Gasteiger partial charge in [0.1, 0.15) is 5.69 Å². The van der Waals surface area contributed by atoms with Crippen LogP contribution in [0.5, 0.6) is 0 Å². The summed E-state index contributed by atoms with van der Waals surface area (Å²) in [5.41, 5.74) is 0.598. The van der Waals surface area contributed by atoms with E-state index in [2.05, 4.69) is 28.2 Å². The molecule has 0 aliphatic carbocycles. The van der Waals surface area contributed by atoms with E-state index in [0.717, 1.165) is 17.4 Å². The lowest BCUT2D eigenvalue weighted by Crippen LogP contribution is -2.38. The Morgan fingerprint density at radius 3 is 2.68 bits per heavy atom. The average Bonchev–Trinajstić information content (AvgIpc) is 2.70. The van der Waals surface area contributed by atoms with Gasteiger partial charge >= 0.3 is 0 Å². The highest BCUT2D eigenvalue weighted by molar-refractivity contribution is 9.10. The van der Waals surface area contributed by atoms with Crippen LogP contribution in [0, 0.1) is 0 Å². The summed E-state index contributed by atoms with van der Waals surface area (Å²) in [5.74, 6) is -0.295. The summed E-state index contributed by atoms with van der Waals surface area (Å²) in [4.78, 5) is 25.2. The molecule has 1 rings (SSSR count). The molecule has 0 bridgehead atoms. The van der Waals surface area contributed by atoms with Gasteiger partial charge < -0.3 is 14.8 Å². The van der Waals surface area contributed by atoms with Crippen LogP contribution < -0.4 is 5.32 Å². The van der Waals surface area contributed by atoms with Crippen molar-refractivity contribution in [3.63, 3.8) is 0 Å². The highest BCUT2D eigenvalue weighted by atomic mass is 79.9. The number of likely N-dealkylation sites (N-methyl/N-ethyl adjacent to an activating group) is 2. The molecule has 0 aliphatic rings. The molecule has 5 nitrogen and oxygen atoms in total. The molecule has 0 fully saturated rings. The molecule has 0 aromatic carbocycles. The number of nitrogens with one attached hydrogen (secondary N) is 1. The highest BCUT2D eigenvalue weighted by Crippen LogP contribution is 2.16. The van der Waals surface area contributed by atoms with Gasteiger partial charge in [-0.25, -0.2) is 0 Å². The van der Waals surface area contributed by atoms with Crippen LogP contribution in [0.25, 0.3) is 0 Å². The Balaban J connectivity index is 2.78. The minimum absolute atomic E-state index is 0.0710. The van der Waals surface area contributed by atoms with Gasteiger partial charge in [0.15, 0.2) is 0 Å². The molecule has 1 aromatic rings. The summed E-state index contributed by atoms with van der Waals surface area (Å²) in [6, 6.07) is 1.78. The standard InChI is InChI=1S/C13H20BrN3O2/c1-4-6-17-8-10(14)7-11(17)13(19)16(3)9-12(18)15-5-2/h7-8H,4-6,9H2,1-3H3,(H,15,18). The first-order valence-corrected chi connectivity index (χ1v) is 7.16. The third-order valence-electron chi connectivity index (χ3n) is 2.65. The van der Waals surface area contributed by atoms with E-state index in [0.29, 0.717) is 12.2 Å². The Labute approximate surface area is 122 Å². The van der Waals surface area contributed by atoms with Crippen LogP contribution in [0.15, 0.2) is 16.7 Å². The molecule has 1 heterocycles.